The number of aliphatic hydroxyl groups is 2. The molecule has 3 unspecified atom stereocenters. The minimum atomic E-state index is -0.860. The summed E-state index contributed by atoms with van der Waals surface area (Å²) in [7, 11) is 1.75. The van der Waals surface area contributed by atoms with Crippen molar-refractivity contribution in [1.29, 1.82) is 0 Å². The number of ether oxygens (including phenoxy) is 1. The predicted octanol–water partition coefficient (Wildman–Crippen LogP) is 4.30. The fourth-order valence-electron chi connectivity index (χ4n) is 8.08. The van der Waals surface area contributed by atoms with Gasteiger partial charge in [-0.3, -0.25) is 0 Å². The fourth-order valence-corrected chi connectivity index (χ4v) is 8.08. The van der Waals surface area contributed by atoms with Crippen LogP contribution in [0, 0.1) is 29.1 Å². The number of hydrogen-bond acceptors (Lipinski definition) is 3. The van der Waals surface area contributed by atoms with E-state index in [0.29, 0.717) is 23.7 Å². The van der Waals surface area contributed by atoms with Crippen LogP contribution in [0.25, 0.3) is 0 Å². The molecule has 0 radical (unpaired) electrons. The van der Waals surface area contributed by atoms with Crippen molar-refractivity contribution < 1.29 is 14.9 Å². The molecule has 3 heteroatoms. The van der Waals surface area contributed by atoms with Gasteiger partial charge in [0, 0.05) is 5.41 Å². The third-order valence-corrected chi connectivity index (χ3v) is 9.40. The summed E-state index contributed by atoms with van der Waals surface area (Å²) in [5.41, 5.74) is 2.01. The molecule has 3 nitrogen and oxygen atoms in total. The lowest BCUT2D eigenvalue weighted by molar-refractivity contribution is -0.166. The average Bonchev–Trinajstić information content (AvgIpc) is 3.10. The van der Waals surface area contributed by atoms with Crippen LogP contribution in [0.5, 0.6) is 5.75 Å². The largest absolute Gasteiger partial charge is 0.497 e. The number of hydrogen-bond donors (Lipinski definition) is 2. The molecule has 2 N–H and O–H groups in total. The zero-order chi connectivity index (χ0) is 19.0. The van der Waals surface area contributed by atoms with Crippen LogP contribution in [0.4, 0.5) is 0 Å². The smallest absolute Gasteiger partial charge is 0.119 e. The first-order valence-electron chi connectivity index (χ1n) is 11.0. The van der Waals surface area contributed by atoms with E-state index in [-0.39, 0.29) is 11.3 Å². The summed E-state index contributed by atoms with van der Waals surface area (Å²) in [4.78, 5) is 0. The Morgan fingerprint density at radius 1 is 1.22 bits per heavy atom. The maximum absolute atomic E-state index is 11.7. The predicted molar refractivity (Wildman–Crippen MR) is 106 cm³/mol. The molecule has 1 aromatic carbocycles. The van der Waals surface area contributed by atoms with Crippen molar-refractivity contribution in [2.75, 3.05) is 7.11 Å². The Bertz CT molecular complexity index is 745. The Hall–Kier alpha value is -1.06. The molecule has 4 aliphatic rings. The molecule has 8 atom stereocenters. The zero-order valence-corrected chi connectivity index (χ0v) is 16.9. The van der Waals surface area contributed by atoms with Gasteiger partial charge in [-0.1, -0.05) is 26.3 Å². The van der Waals surface area contributed by atoms with E-state index in [1.54, 1.807) is 7.11 Å². The van der Waals surface area contributed by atoms with Gasteiger partial charge < -0.3 is 14.9 Å². The van der Waals surface area contributed by atoms with Gasteiger partial charge >= 0.3 is 0 Å². The molecule has 148 valence electrons. The van der Waals surface area contributed by atoms with E-state index in [1.807, 2.05) is 0 Å². The van der Waals surface area contributed by atoms with Crippen LogP contribution in [-0.2, 0) is 6.42 Å². The quantitative estimate of drug-likeness (QED) is 0.816. The number of aliphatic hydroxyl groups excluding tert-OH is 1. The van der Waals surface area contributed by atoms with E-state index in [4.69, 9.17) is 4.74 Å². The summed E-state index contributed by atoms with van der Waals surface area (Å²) < 4.78 is 5.49. The number of rotatable bonds is 2. The van der Waals surface area contributed by atoms with Gasteiger partial charge in [0.1, 0.15) is 5.75 Å². The zero-order valence-electron chi connectivity index (χ0n) is 16.9. The number of fused-ring (bicyclic) bond motifs is 7. The second kappa shape index (κ2) is 5.97. The van der Waals surface area contributed by atoms with Gasteiger partial charge in [0.15, 0.2) is 0 Å². The van der Waals surface area contributed by atoms with Crippen molar-refractivity contribution in [3.05, 3.63) is 29.3 Å². The lowest BCUT2D eigenvalue weighted by Gasteiger charge is -2.56. The van der Waals surface area contributed by atoms with Gasteiger partial charge in [0.2, 0.25) is 0 Å². The van der Waals surface area contributed by atoms with E-state index < -0.39 is 11.7 Å². The summed E-state index contributed by atoms with van der Waals surface area (Å²) >= 11 is 0. The maximum atomic E-state index is 11.7. The Morgan fingerprint density at radius 2 is 2.04 bits per heavy atom. The molecule has 0 bridgehead atoms. The highest BCUT2D eigenvalue weighted by Gasteiger charge is 2.70. The first-order chi connectivity index (χ1) is 12.9. The van der Waals surface area contributed by atoms with Crippen molar-refractivity contribution >= 4 is 0 Å². The summed E-state index contributed by atoms with van der Waals surface area (Å²) in [6.07, 6.45) is 6.82. The highest BCUT2D eigenvalue weighted by molar-refractivity contribution is 5.41. The molecule has 3 fully saturated rings. The standard InChI is InChI=1S/C24H34O3/c1-4-14-11-15-12-17(27-3)6-7-18(15)19-9-10-23(2)20(22(14)19)13-16-5-8-21(25)24(16,23)26/h6-7,12,14,16,19-22,25-26H,4-5,8-11,13H2,1-3H3/t14-,16-,19?,20?,21+,22?,23+,24-/m1/s1. The van der Waals surface area contributed by atoms with Crippen LogP contribution in [0.3, 0.4) is 0 Å². The average molecular weight is 371 g/mol. The lowest BCUT2D eigenvalue weighted by Crippen LogP contribution is -2.57. The van der Waals surface area contributed by atoms with Crippen molar-refractivity contribution in [1.82, 2.24) is 0 Å². The Morgan fingerprint density at radius 3 is 2.78 bits per heavy atom. The van der Waals surface area contributed by atoms with Crippen LogP contribution in [0.15, 0.2) is 18.2 Å². The summed E-state index contributed by atoms with van der Waals surface area (Å²) in [6.45, 7) is 4.64. The minimum absolute atomic E-state index is 0.133. The van der Waals surface area contributed by atoms with Crippen LogP contribution < -0.4 is 4.74 Å². The van der Waals surface area contributed by atoms with E-state index in [9.17, 15) is 10.2 Å². The van der Waals surface area contributed by atoms with Crippen molar-refractivity contribution in [2.45, 2.75) is 76.4 Å². The second-order valence-corrected chi connectivity index (χ2v) is 10.0. The van der Waals surface area contributed by atoms with Crippen LogP contribution >= 0.6 is 0 Å². The van der Waals surface area contributed by atoms with Crippen molar-refractivity contribution in [3.63, 3.8) is 0 Å². The molecule has 0 saturated heterocycles. The van der Waals surface area contributed by atoms with Gasteiger partial charge in [-0.15, -0.1) is 0 Å². The van der Waals surface area contributed by atoms with E-state index in [0.717, 1.165) is 44.3 Å². The number of benzene rings is 1. The monoisotopic (exact) mass is 370 g/mol. The van der Waals surface area contributed by atoms with Gasteiger partial charge in [-0.2, -0.15) is 0 Å². The molecule has 0 heterocycles. The highest BCUT2D eigenvalue weighted by atomic mass is 16.5. The maximum Gasteiger partial charge on any atom is 0.119 e. The van der Waals surface area contributed by atoms with Crippen LogP contribution in [0.2, 0.25) is 0 Å². The van der Waals surface area contributed by atoms with Gasteiger partial charge in [-0.05, 0) is 91.4 Å². The number of methoxy groups -OCH3 is 1. The fraction of sp³-hybridized carbons (Fsp3) is 0.750. The Balaban J connectivity index is 1.57. The Kier molecular flexibility index (Phi) is 3.98. The third kappa shape index (κ3) is 2.16. The van der Waals surface area contributed by atoms with Crippen LogP contribution in [0.1, 0.15) is 69.4 Å². The SMILES string of the molecule is CC[C@@H]1Cc2cc(OC)ccc2C2CC[C@@]3(C)C(C[C@H]4CC[C@H](O)[C@]43O)C21. The first-order valence-corrected chi connectivity index (χ1v) is 11.0. The highest BCUT2D eigenvalue weighted by Crippen LogP contribution is 2.70. The van der Waals surface area contributed by atoms with Crippen LogP contribution in [-0.4, -0.2) is 29.0 Å². The van der Waals surface area contributed by atoms with E-state index >= 15 is 0 Å². The minimum Gasteiger partial charge on any atom is -0.497 e. The molecule has 0 amide bonds. The molecule has 0 aromatic heterocycles. The molecule has 1 aromatic rings. The molecule has 5 rings (SSSR count). The molecule has 0 spiro atoms. The molecular weight excluding hydrogens is 336 g/mol. The van der Waals surface area contributed by atoms with E-state index in [2.05, 4.69) is 32.0 Å². The van der Waals surface area contributed by atoms with Gasteiger partial charge in [0.25, 0.3) is 0 Å². The molecule has 4 aliphatic carbocycles. The molecule has 3 saturated carbocycles. The summed E-state index contributed by atoms with van der Waals surface area (Å²) in [5.74, 6) is 3.69. The lowest BCUT2D eigenvalue weighted by atomic mass is 9.50. The van der Waals surface area contributed by atoms with Gasteiger partial charge in [-0.25, -0.2) is 0 Å². The van der Waals surface area contributed by atoms with Crippen molar-refractivity contribution in [3.8, 4) is 5.75 Å². The second-order valence-electron chi connectivity index (χ2n) is 10.0. The molecular formula is C24H34O3. The van der Waals surface area contributed by atoms with Crippen molar-refractivity contribution in [2.24, 2.45) is 29.1 Å². The van der Waals surface area contributed by atoms with Gasteiger partial charge in [0.05, 0.1) is 18.8 Å². The molecule has 27 heavy (non-hydrogen) atoms. The normalized spacial score (nSPS) is 47.7. The summed E-state index contributed by atoms with van der Waals surface area (Å²) in [6, 6.07) is 6.68. The topological polar surface area (TPSA) is 49.7 Å². The Labute approximate surface area is 163 Å². The molecule has 0 aliphatic heterocycles. The van der Waals surface area contributed by atoms with E-state index in [1.165, 1.54) is 17.5 Å². The third-order valence-electron chi connectivity index (χ3n) is 9.40. The summed E-state index contributed by atoms with van der Waals surface area (Å²) in [5, 5.41) is 22.4. The first kappa shape index (κ1) is 18.0.